The van der Waals surface area contributed by atoms with E-state index in [0.29, 0.717) is 11.3 Å². The molecule has 6 heteroatoms. The van der Waals surface area contributed by atoms with Crippen molar-refractivity contribution in [3.63, 3.8) is 0 Å². The van der Waals surface area contributed by atoms with Crippen molar-refractivity contribution in [3.8, 4) is 0 Å². The molecule has 1 aromatic carbocycles. The molecule has 0 spiro atoms. The molecule has 0 aliphatic carbocycles. The van der Waals surface area contributed by atoms with Crippen molar-refractivity contribution in [1.82, 2.24) is 0 Å². The standard InChI is InChI=1S/C11H15N3O2S/c12-11(13)7-3-4-8-17-10-6-2-1-5-9(10)14(15)16/h1-2,5-6H,3-4,7-8H2,(H3,12,13). The Hall–Kier alpha value is -1.56. The van der Waals surface area contributed by atoms with Gasteiger partial charge in [-0.05, 0) is 24.7 Å². The van der Waals surface area contributed by atoms with Gasteiger partial charge in [0, 0.05) is 12.5 Å². The molecule has 0 saturated heterocycles. The molecule has 0 unspecified atom stereocenters. The smallest absolute Gasteiger partial charge is 0.282 e. The van der Waals surface area contributed by atoms with Crippen molar-refractivity contribution in [3.05, 3.63) is 34.4 Å². The zero-order chi connectivity index (χ0) is 12.7. The molecule has 0 aliphatic rings. The van der Waals surface area contributed by atoms with E-state index in [2.05, 4.69) is 0 Å². The van der Waals surface area contributed by atoms with E-state index in [-0.39, 0.29) is 16.4 Å². The van der Waals surface area contributed by atoms with Crippen LogP contribution in [0.1, 0.15) is 19.3 Å². The molecule has 0 aromatic heterocycles. The van der Waals surface area contributed by atoms with Crippen molar-refractivity contribution in [2.24, 2.45) is 5.73 Å². The van der Waals surface area contributed by atoms with E-state index < -0.39 is 0 Å². The van der Waals surface area contributed by atoms with Crippen LogP contribution in [-0.2, 0) is 0 Å². The first-order valence-electron chi connectivity index (χ1n) is 5.30. The van der Waals surface area contributed by atoms with Crippen LogP contribution in [0.4, 0.5) is 5.69 Å². The third kappa shape index (κ3) is 4.86. The lowest BCUT2D eigenvalue weighted by molar-refractivity contribution is -0.387. The number of para-hydroxylation sites is 1. The van der Waals surface area contributed by atoms with Gasteiger partial charge in [0.1, 0.15) is 0 Å². The van der Waals surface area contributed by atoms with E-state index in [0.717, 1.165) is 18.6 Å². The molecule has 0 fully saturated rings. The fourth-order valence-electron chi connectivity index (χ4n) is 1.33. The van der Waals surface area contributed by atoms with E-state index in [9.17, 15) is 10.1 Å². The molecule has 1 rings (SSSR count). The Morgan fingerprint density at radius 1 is 1.41 bits per heavy atom. The molecule has 5 nitrogen and oxygen atoms in total. The molecule has 0 amide bonds. The maximum absolute atomic E-state index is 10.7. The lowest BCUT2D eigenvalue weighted by Gasteiger charge is -2.02. The van der Waals surface area contributed by atoms with Crippen LogP contribution in [0.15, 0.2) is 29.2 Å². The Morgan fingerprint density at radius 3 is 2.76 bits per heavy atom. The van der Waals surface area contributed by atoms with Crippen LogP contribution >= 0.6 is 11.8 Å². The first kappa shape index (κ1) is 13.5. The number of hydrogen-bond acceptors (Lipinski definition) is 4. The molecule has 0 bridgehead atoms. The first-order chi connectivity index (χ1) is 8.11. The van der Waals surface area contributed by atoms with Crippen molar-refractivity contribution in [2.45, 2.75) is 24.2 Å². The summed E-state index contributed by atoms with van der Waals surface area (Å²) in [6.07, 6.45) is 2.34. The topological polar surface area (TPSA) is 93.0 Å². The number of amidine groups is 1. The fourth-order valence-corrected chi connectivity index (χ4v) is 2.36. The number of nitro benzene ring substituents is 1. The SMILES string of the molecule is N=C(N)CCCCSc1ccccc1[N+](=O)[O-]. The molecule has 0 saturated carbocycles. The summed E-state index contributed by atoms with van der Waals surface area (Å²) < 4.78 is 0. The Bertz CT molecular complexity index is 409. The molecule has 0 atom stereocenters. The number of unbranched alkanes of at least 4 members (excludes halogenated alkanes) is 1. The largest absolute Gasteiger partial charge is 0.388 e. The average Bonchev–Trinajstić information content (AvgIpc) is 2.28. The van der Waals surface area contributed by atoms with Gasteiger partial charge in [0.05, 0.1) is 15.7 Å². The van der Waals surface area contributed by atoms with E-state index in [4.69, 9.17) is 11.1 Å². The maximum atomic E-state index is 10.7. The van der Waals surface area contributed by atoms with Gasteiger partial charge in [-0.25, -0.2) is 0 Å². The second-order valence-electron chi connectivity index (χ2n) is 3.56. The minimum Gasteiger partial charge on any atom is -0.388 e. The molecule has 0 radical (unpaired) electrons. The highest BCUT2D eigenvalue weighted by Gasteiger charge is 2.11. The Balaban J connectivity index is 2.41. The maximum Gasteiger partial charge on any atom is 0.282 e. The van der Waals surface area contributed by atoms with Crippen molar-refractivity contribution >= 4 is 23.3 Å². The summed E-state index contributed by atoms with van der Waals surface area (Å²) in [6.45, 7) is 0. The van der Waals surface area contributed by atoms with Gasteiger partial charge in [0.25, 0.3) is 5.69 Å². The van der Waals surface area contributed by atoms with E-state index in [1.54, 1.807) is 18.2 Å². The number of thioether (sulfide) groups is 1. The van der Waals surface area contributed by atoms with Crippen LogP contribution in [0.3, 0.4) is 0 Å². The van der Waals surface area contributed by atoms with Gasteiger partial charge in [0.2, 0.25) is 0 Å². The van der Waals surface area contributed by atoms with Crippen LogP contribution < -0.4 is 5.73 Å². The monoisotopic (exact) mass is 253 g/mol. The Morgan fingerprint density at radius 2 is 2.12 bits per heavy atom. The van der Waals surface area contributed by atoms with Gasteiger partial charge in [0.15, 0.2) is 0 Å². The van der Waals surface area contributed by atoms with E-state index in [1.165, 1.54) is 17.8 Å². The predicted octanol–water partition coefficient (Wildman–Crippen LogP) is 2.79. The number of nitro groups is 1. The van der Waals surface area contributed by atoms with Gasteiger partial charge in [-0.3, -0.25) is 15.5 Å². The van der Waals surface area contributed by atoms with Gasteiger partial charge in [-0.15, -0.1) is 11.8 Å². The number of hydrogen-bond donors (Lipinski definition) is 2. The quantitative estimate of drug-likeness (QED) is 0.195. The predicted molar refractivity (Wildman–Crippen MR) is 69.6 cm³/mol. The second-order valence-corrected chi connectivity index (χ2v) is 4.69. The summed E-state index contributed by atoms with van der Waals surface area (Å²) in [5.41, 5.74) is 5.39. The number of rotatable bonds is 7. The molecular weight excluding hydrogens is 238 g/mol. The molecule has 0 aliphatic heterocycles. The summed E-state index contributed by atoms with van der Waals surface area (Å²) in [4.78, 5) is 11.1. The van der Waals surface area contributed by atoms with Crippen LogP contribution in [0.5, 0.6) is 0 Å². The molecule has 17 heavy (non-hydrogen) atoms. The molecule has 3 N–H and O–H groups in total. The number of benzene rings is 1. The highest BCUT2D eigenvalue weighted by molar-refractivity contribution is 7.99. The van der Waals surface area contributed by atoms with Gasteiger partial charge < -0.3 is 5.73 Å². The third-order valence-electron chi connectivity index (χ3n) is 2.16. The number of nitrogens with two attached hydrogens (primary N) is 1. The normalized spacial score (nSPS) is 10.1. The van der Waals surface area contributed by atoms with Crippen molar-refractivity contribution in [2.75, 3.05) is 5.75 Å². The zero-order valence-corrected chi connectivity index (χ0v) is 10.2. The van der Waals surface area contributed by atoms with Crippen molar-refractivity contribution < 1.29 is 4.92 Å². The summed E-state index contributed by atoms with van der Waals surface area (Å²) in [5, 5.41) is 17.8. The van der Waals surface area contributed by atoms with Crippen LogP contribution in [0.2, 0.25) is 0 Å². The molecule has 0 heterocycles. The number of nitrogens with zero attached hydrogens (tertiary/aromatic N) is 1. The average molecular weight is 253 g/mol. The summed E-state index contributed by atoms with van der Waals surface area (Å²) in [5.74, 6) is 0.999. The van der Waals surface area contributed by atoms with Gasteiger partial charge >= 0.3 is 0 Å². The minimum absolute atomic E-state index is 0.157. The van der Waals surface area contributed by atoms with Crippen molar-refractivity contribution in [1.29, 1.82) is 5.41 Å². The number of nitrogens with one attached hydrogen (secondary N) is 1. The summed E-state index contributed by atoms with van der Waals surface area (Å²) in [7, 11) is 0. The fraction of sp³-hybridized carbons (Fsp3) is 0.364. The van der Waals surface area contributed by atoms with E-state index >= 15 is 0 Å². The summed E-state index contributed by atoms with van der Waals surface area (Å²) in [6, 6.07) is 6.73. The zero-order valence-electron chi connectivity index (χ0n) is 9.39. The highest BCUT2D eigenvalue weighted by Crippen LogP contribution is 2.29. The van der Waals surface area contributed by atoms with Crippen LogP contribution in [0.25, 0.3) is 0 Å². The molecule has 1 aromatic rings. The minimum atomic E-state index is -0.363. The second kappa shape index (κ2) is 6.90. The van der Waals surface area contributed by atoms with Gasteiger partial charge in [-0.1, -0.05) is 12.1 Å². The van der Waals surface area contributed by atoms with E-state index in [1.807, 2.05) is 0 Å². The third-order valence-corrected chi connectivity index (χ3v) is 3.31. The Labute approximate surface area is 104 Å². The first-order valence-corrected chi connectivity index (χ1v) is 6.29. The highest BCUT2D eigenvalue weighted by atomic mass is 32.2. The van der Waals surface area contributed by atoms with Crippen LogP contribution in [-0.4, -0.2) is 16.5 Å². The Kier molecular flexibility index (Phi) is 5.48. The summed E-state index contributed by atoms with van der Waals surface area (Å²) >= 11 is 1.47. The molecular formula is C11H15N3O2S. The lowest BCUT2D eigenvalue weighted by Crippen LogP contribution is -2.08. The lowest BCUT2D eigenvalue weighted by atomic mass is 10.2. The molecule has 92 valence electrons. The van der Waals surface area contributed by atoms with Gasteiger partial charge in [-0.2, -0.15) is 0 Å². The van der Waals surface area contributed by atoms with Crippen LogP contribution in [0, 0.1) is 15.5 Å².